The minimum Gasteiger partial charge on any atom is -0.459 e. The molecule has 2 nitrogen and oxygen atoms in total. The molecular formula is C12H15NOS. The fourth-order valence-electron chi connectivity index (χ4n) is 1.42. The Bertz CT molecular complexity index is 430. The summed E-state index contributed by atoms with van der Waals surface area (Å²) in [4.78, 5) is 2.52. The molecule has 1 N–H and O–H groups in total. The second-order valence-electron chi connectivity index (χ2n) is 3.46. The second kappa shape index (κ2) is 4.64. The normalized spacial score (nSPS) is 10.8. The topological polar surface area (TPSA) is 25.2 Å². The summed E-state index contributed by atoms with van der Waals surface area (Å²) in [5.41, 5.74) is 0. The van der Waals surface area contributed by atoms with Gasteiger partial charge in [-0.3, -0.25) is 0 Å². The molecule has 0 aliphatic rings. The van der Waals surface area contributed by atoms with Crippen molar-refractivity contribution in [3.8, 4) is 10.6 Å². The van der Waals surface area contributed by atoms with Crippen molar-refractivity contribution >= 4 is 11.3 Å². The van der Waals surface area contributed by atoms with Gasteiger partial charge in [-0.15, -0.1) is 11.3 Å². The predicted molar refractivity (Wildman–Crippen MR) is 64.1 cm³/mol. The maximum atomic E-state index is 5.73. The first-order chi connectivity index (χ1) is 7.29. The lowest BCUT2D eigenvalue weighted by molar-refractivity contribution is 0.499. The number of hydrogen-bond donors (Lipinski definition) is 1. The summed E-state index contributed by atoms with van der Waals surface area (Å²) < 4.78 is 5.73. The molecule has 0 fully saturated rings. The van der Waals surface area contributed by atoms with Gasteiger partial charge in [0.1, 0.15) is 11.5 Å². The molecule has 0 amide bonds. The van der Waals surface area contributed by atoms with Crippen LogP contribution in [0.25, 0.3) is 10.6 Å². The van der Waals surface area contributed by atoms with Gasteiger partial charge in [0.25, 0.3) is 0 Å². The fraction of sp³-hybridized carbons (Fsp3) is 0.333. The van der Waals surface area contributed by atoms with Gasteiger partial charge in [-0.1, -0.05) is 6.92 Å². The molecule has 2 heterocycles. The lowest BCUT2D eigenvalue weighted by Gasteiger charge is -1.96. The maximum Gasteiger partial charge on any atom is 0.144 e. The Labute approximate surface area is 93.9 Å². The highest BCUT2D eigenvalue weighted by atomic mass is 32.1. The molecule has 0 bridgehead atoms. The number of aryl methyl sites for hydroxylation is 1. The summed E-state index contributed by atoms with van der Waals surface area (Å²) in [6, 6.07) is 8.30. The molecule has 3 heteroatoms. The van der Waals surface area contributed by atoms with Crippen molar-refractivity contribution in [2.75, 3.05) is 6.54 Å². The van der Waals surface area contributed by atoms with Crippen LogP contribution >= 0.6 is 11.3 Å². The first kappa shape index (κ1) is 10.5. The Balaban J connectivity index is 2.13. The number of rotatable bonds is 4. The van der Waals surface area contributed by atoms with Gasteiger partial charge in [-0.25, -0.2) is 0 Å². The molecule has 0 aromatic carbocycles. The minimum absolute atomic E-state index is 0.806. The molecule has 0 atom stereocenters. The lowest BCUT2D eigenvalue weighted by atomic mass is 10.3. The Kier molecular flexibility index (Phi) is 3.23. The molecule has 2 aromatic rings. The van der Waals surface area contributed by atoms with E-state index in [1.165, 1.54) is 9.75 Å². The molecule has 15 heavy (non-hydrogen) atoms. The van der Waals surface area contributed by atoms with E-state index in [1.54, 1.807) is 11.3 Å². The van der Waals surface area contributed by atoms with Crippen molar-refractivity contribution in [3.05, 3.63) is 34.9 Å². The van der Waals surface area contributed by atoms with E-state index in [-0.39, 0.29) is 0 Å². The van der Waals surface area contributed by atoms with E-state index in [1.807, 2.05) is 12.1 Å². The van der Waals surface area contributed by atoms with Crippen molar-refractivity contribution < 1.29 is 4.42 Å². The standard InChI is InChI=1S/C12H15NOS/c1-3-13-8-10-5-6-11(14-10)12-7-4-9(2)15-12/h4-7,13H,3,8H2,1-2H3. The van der Waals surface area contributed by atoms with Gasteiger partial charge in [0, 0.05) is 4.88 Å². The third kappa shape index (κ3) is 2.49. The van der Waals surface area contributed by atoms with Crippen molar-refractivity contribution in [2.24, 2.45) is 0 Å². The van der Waals surface area contributed by atoms with E-state index in [0.717, 1.165) is 24.6 Å². The molecule has 2 aromatic heterocycles. The molecule has 0 saturated carbocycles. The average Bonchev–Trinajstić information content (AvgIpc) is 2.83. The van der Waals surface area contributed by atoms with Gasteiger partial charge in [0.15, 0.2) is 0 Å². The predicted octanol–water partition coefficient (Wildman–Crippen LogP) is 3.43. The van der Waals surface area contributed by atoms with E-state index in [4.69, 9.17) is 4.42 Å². The fourth-order valence-corrected chi connectivity index (χ4v) is 2.25. The molecule has 2 rings (SSSR count). The van der Waals surface area contributed by atoms with Crippen LogP contribution in [0.5, 0.6) is 0 Å². The average molecular weight is 221 g/mol. The molecule has 0 saturated heterocycles. The summed E-state index contributed by atoms with van der Waals surface area (Å²) in [6.07, 6.45) is 0. The van der Waals surface area contributed by atoms with Crippen molar-refractivity contribution in [3.63, 3.8) is 0 Å². The van der Waals surface area contributed by atoms with Crippen molar-refractivity contribution in [1.29, 1.82) is 0 Å². The minimum atomic E-state index is 0.806. The summed E-state index contributed by atoms with van der Waals surface area (Å²) in [6.45, 7) is 5.97. The van der Waals surface area contributed by atoms with Crippen molar-refractivity contribution in [2.45, 2.75) is 20.4 Å². The largest absolute Gasteiger partial charge is 0.459 e. The Morgan fingerprint density at radius 2 is 2.13 bits per heavy atom. The van der Waals surface area contributed by atoms with E-state index in [9.17, 15) is 0 Å². The van der Waals surface area contributed by atoms with E-state index < -0.39 is 0 Å². The lowest BCUT2D eigenvalue weighted by Crippen LogP contribution is -2.10. The third-order valence-electron chi connectivity index (χ3n) is 2.19. The smallest absolute Gasteiger partial charge is 0.144 e. The van der Waals surface area contributed by atoms with Gasteiger partial charge in [0.05, 0.1) is 11.4 Å². The number of nitrogens with one attached hydrogen (secondary N) is 1. The first-order valence-corrected chi connectivity index (χ1v) is 5.97. The summed E-state index contributed by atoms with van der Waals surface area (Å²) in [5.74, 6) is 1.97. The van der Waals surface area contributed by atoms with Gasteiger partial charge in [0.2, 0.25) is 0 Å². The van der Waals surface area contributed by atoms with E-state index in [2.05, 4.69) is 31.3 Å². The van der Waals surface area contributed by atoms with Crippen LogP contribution in [0.3, 0.4) is 0 Å². The SMILES string of the molecule is CCNCc1ccc(-c2ccc(C)s2)o1. The Morgan fingerprint density at radius 1 is 1.27 bits per heavy atom. The molecule has 0 aliphatic carbocycles. The zero-order chi connectivity index (χ0) is 10.7. The molecular weight excluding hydrogens is 206 g/mol. The van der Waals surface area contributed by atoms with E-state index >= 15 is 0 Å². The van der Waals surface area contributed by atoms with Gasteiger partial charge in [-0.05, 0) is 37.7 Å². The number of hydrogen-bond acceptors (Lipinski definition) is 3. The highest BCUT2D eigenvalue weighted by Crippen LogP contribution is 2.29. The maximum absolute atomic E-state index is 5.73. The van der Waals surface area contributed by atoms with Gasteiger partial charge in [-0.2, -0.15) is 0 Å². The summed E-state index contributed by atoms with van der Waals surface area (Å²) >= 11 is 1.76. The Hall–Kier alpha value is -1.06. The van der Waals surface area contributed by atoms with Crippen LogP contribution in [-0.4, -0.2) is 6.54 Å². The highest BCUT2D eigenvalue weighted by molar-refractivity contribution is 7.15. The van der Waals surface area contributed by atoms with Crippen LogP contribution in [-0.2, 0) is 6.54 Å². The molecule has 80 valence electrons. The summed E-state index contributed by atoms with van der Waals surface area (Å²) in [7, 11) is 0. The quantitative estimate of drug-likeness (QED) is 0.855. The second-order valence-corrected chi connectivity index (χ2v) is 4.74. The third-order valence-corrected chi connectivity index (χ3v) is 3.21. The van der Waals surface area contributed by atoms with Crippen LogP contribution in [0, 0.1) is 6.92 Å². The van der Waals surface area contributed by atoms with Crippen LogP contribution in [0.2, 0.25) is 0 Å². The number of furan rings is 1. The van der Waals surface area contributed by atoms with Gasteiger partial charge >= 0.3 is 0 Å². The van der Waals surface area contributed by atoms with Gasteiger partial charge < -0.3 is 9.73 Å². The highest BCUT2D eigenvalue weighted by Gasteiger charge is 2.05. The molecule has 0 aliphatic heterocycles. The van der Waals surface area contributed by atoms with Crippen LogP contribution < -0.4 is 5.32 Å². The van der Waals surface area contributed by atoms with Crippen LogP contribution in [0.4, 0.5) is 0 Å². The van der Waals surface area contributed by atoms with Crippen molar-refractivity contribution in [1.82, 2.24) is 5.32 Å². The Morgan fingerprint density at radius 3 is 2.80 bits per heavy atom. The molecule has 0 spiro atoms. The zero-order valence-corrected chi connectivity index (χ0v) is 9.86. The van der Waals surface area contributed by atoms with E-state index in [0.29, 0.717) is 0 Å². The van der Waals surface area contributed by atoms with Crippen LogP contribution in [0.1, 0.15) is 17.6 Å². The monoisotopic (exact) mass is 221 g/mol. The first-order valence-electron chi connectivity index (χ1n) is 5.16. The molecule has 0 radical (unpaired) electrons. The van der Waals surface area contributed by atoms with Crippen LogP contribution in [0.15, 0.2) is 28.7 Å². The number of thiophene rings is 1. The zero-order valence-electron chi connectivity index (χ0n) is 9.04. The summed E-state index contributed by atoms with van der Waals surface area (Å²) in [5, 5.41) is 3.24. The molecule has 0 unspecified atom stereocenters.